The molecule has 0 saturated carbocycles. The highest BCUT2D eigenvalue weighted by atomic mass is 16.4. The van der Waals surface area contributed by atoms with Crippen molar-refractivity contribution in [2.45, 2.75) is 72.4 Å². The van der Waals surface area contributed by atoms with Crippen LogP contribution in [0.3, 0.4) is 0 Å². The molecular formula is C15H30N2O3. The normalized spacial score (nSPS) is 15.5. The lowest BCUT2D eigenvalue weighted by Gasteiger charge is -2.19. The Morgan fingerprint density at radius 3 is 2.00 bits per heavy atom. The minimum Gasteiger partial charge on any atom is -0.481 e. The summed E-state index contributed by atoms with van der Waals surface area (Å²) >= 11 is 0. The predicted octanol–water partition coefficient (Wildman–Crippen LogP) is 3.00. The van der Waals surface area contributed by atoms with E-state index in [9.17, 15) is 9.59 Å². The lowest BCUT2D eigenvalue weighted by Crippen LogP contribution is -2.44. The molecule has 0 spiro atoms. The third kappa shape index (κ3) is 9.64. The molecule has 3 atom stereocenters. The highest BCUT2D eigenvalue weighted by molar-refractivity contribution is 5.74. The van der Waals surface area contributed by atoms with Gasteiger partial charge in [0.2, 0.25) is 0 Å². The molecule has 5 nitrogen and oxygen atoms in total. The number of carbonyl (C=O) groups is 2. The van der Waals surface area contributed by atoms with Gasteiger partial charge in [-0.25, -0.2) is 4.79 Å². The molecule has 0 aliphatic rings. The first-order valence-corrected chi connectivity index (χ1v) is 7.52. The van der Waals surface area contributed by atoms with Crippen molar-refractivity contribution in [2.75, 3.05) is 0 Å². The minimum atomic E-state index is -0.758. The fourth-order valence-electron chi connectivity index (χ4n) is 2.18. The van der Waals surface area contributed by atoms with Crippen molar-refractivity contribution in [2.24, 2.45) is 11.8 Å². The molecule has 0 aromatic rings. The van der Waals surface area contributed by atoms with Gasteiger partial charge in [0.1, 0.15) is 0 Å². The summed E-state index contributed by atoms with van der Waals surface area (Å²) in [6, 6.07) is 0.0772. The van der Waals surface area contributed by atoms with Crippen LogP contribution in [-0.2, 0) is 4.79 Å². The molecule has 0 bridgehead atoms. The number of carboxylic acids is 1. The Morgan fingerprint density at radius 1 is 0.950 bits per heavy atom. The van der Waals surface area contributed by atoms with Crippen molar-refractivity contribution in [3.05, 3.63) is 0 Å². The van der Waals surface area contributed by atoms with Gasteiger partial charge >= 0.3 is 12.0 Å². The van der Waals surface area contributed by atoms with Crippen LogP contribution in [0.5, 0.6) is 0 Å². The molecule has 0 fully saturated rings. The molecule has 0 rings (SSSR count). The average Bonchev–Trinajstić information content (AvgIpc) is 2.26. The largest absolute Gasteiger partial charge is 0.481 e. The zero-order valence-corrected chi connectivity index (χ0v) is 13.4. The fraction of sp³-hybridized carbons (Fsp3) is 0.867. The van der Waals surface area contributed by atoms with Crippen molar-refractivity contribution in [1.82, 2.24) is 10.6 Å². The predicted molar refractivity (Wildman–Crippen MR) is 80.7 cm³/mol. The van der Waals surface area contributed by atoms with Gasteiger partial charge in [0.25, 0.3) is 0 Å². The van der Waals surface area contributed by atoms with E-state index in [2.05, 4.69) is 24.5 Å². The monoisotopic (exact) mass is 286 g/mol. The molecule has 3 unspecified atom stereocenters. The van der Waals surface area contributed by atoms with Gasteiger partial charge in [-0.05, 0) is 39.0 Å². The standard InChI is InChI=1S/C15H30N2O3/c1-10(2)9-13(5)17-15(20)16-12(4)8-6-7-11(3)14(18)19/h10-13H,6-9H2,1-5H3,(H,18,19)(H2,16,17,20). The number of carbonyl (C=O) groups excluding carboxylic acids is 1. The first-order valence-electron chi connectivity index (χ1n) is 7.52. The van der Waals surface area contributed by atoms with Gasteiger partial charge in [-0.15, -0.1) is 0 Å². The number of urea groups is 1. The van der Waals surface area contributed by atoms with E-state index in [1.807, 2.05) is 13.8 Å². The smallest absolute Gasteiger partial charge is 0.315 e. The summed E-state index contributed by atoms with van der Waals surface area (Å²) < 4.78 is 0. The van der Waals surface area contributed by atoms with E-state index in [0.29, 0.717) is 12.3 Å². The summed E-state index contributed by atoms with van der Waals surface area (Å²) in [5.74, 6) is -0.520. The van der Waals surface area contributed by atoms with E-state index in [4.69, 9.17) is 5.11 Å². The van der Waals surface area contributed by atoms with Crippen molar-refractivity contribution < 1.29 is 14.7 Å². The van der Waals surface area contributed by atoms with Crippen molar-refractivity contribution in [1.29, 1.82) is 0 Å². The Kier molecular flexibility index (Phi) is 9.01. The van der Waals surface area contributed by atoms with Crippen molar-refractivity contribution in [3.63, 3.8) is 0 Å². The third-order valence-electron chi connectivity index (χ3n) is 3.28. The van der Waals surface area contributed by atoms with Gasteiger partial charge in [0, 0.05) is 12.1 Å². The summed E-state index contributed by atoms with van der Waals surface area (Å²) in [5.41, 5.74) is 0. The molecule has 118 valence electrons. The summed E-state index contributed by atoms with van der Waals surface area (Å²) in [6.45, 7) is 9.91. The van der Waals surface area contributed by atoms with Gasteiger partial charge in [-0.3, -0.25) is 4.79 Å². The third-order valence-corrected chi connectivity index (χ3v) is 3.28. The van der Waals surface area contributed by atoms with Crippen LogP contribution in [0.4, 0.5) is 4.79 Å². The minimum absolute atomic E-state index is 0.0576. The number of amides is 2. The maximum Gasteiger partial charge on any atom is 0.315 e. The molecule has 0 radical (unpaired) electrons. The fourth-order valence-corrected chi connectivity index (χ4v) is 2.18. The second kappa shape index (κ2) is 9.61. The molecule has 5 heteroatoms. The van der Waals surface area contributed by atoms with Gasteiger partial charge in [-0.1, -0.05) is 27.2 Å². The van der Waals surface area contributed by atoms with Gasteiger partial charge in [-0.2, -0.15) is 0 Å². The van der Waals surface area contributed by atoms with E-state index in [1.165, 1.54) is 0 Å². The molecule has 0 aliphatic carbocycles. The maximum absolute atomic E-state index is 11.7. The van der Waals surface area contributed by atoms with E-state index < -0.39 is 5.97 Å². The molecule has 0 aromatic carbocycles. The first-order chi connectivity index (χ1) is 9.22. The maximum atomic E-state index is 11.7. The summed E-state index contributed by atoms with van der Waals surface area (Å²) in [7, 11) is 0. The number of hydrogen-bond acceptors (Lipinski definition) is 2. The number of rotatable bonds is 9. The first kappa shape index (κ1) is 18.7. The van der Waals surface area contributed by atoms with E-state index in [-0.39, 0.29) is 24.0 Å². The van der Waals surface area contributed by atoms with Crippen LogP contribution in [0, 0.1) is 11.8 Å². The van der Waals surface area contributed by atoms with Crippen LogP contribution in [-0.4, -0.2) is 29.2 Å². The number of nitrogens with one attached hydrogen (secondary N) is 2. The zero-order valence-electron chi connectivity index (χ0n) is 13.4. The van der Waals surface area contributed by atoms with Gasteiger partial charge in [0.15, 0.2) is 0 Å². The van der Waals surface area contributed by atoms with Crippen molar-refractivity contribution in [3.8, 4) is 0 Å². The summed E-state index contributed by atoms with van der Waals surface area (Å²) in [5, 5.41) is 14.6. The average molecular weight is 286 g/mol. The Hall–Kier alpha value is -1.26. The molecule has 20 heavy (non-hydrogen) atoms. The van der Waals surface area contributed by atoms with Gasteiger partial charge in [0.05, 0.1) is 5.92 Å². The Balaban J connectivity index is 3.82. The lowest BCUT2D eigenvalue weighted by atomic mass is 10.0. The SMILES string of the molecule is CC(C)CC(C)NC(=O)NC(C)CCCC(C)C(=O)O. The highest BCUT2D eigenvalue weighted by Gasteiger charge is 2.13. The second-order valence-corrected chi connectivity index (χ2v) is 6.22. The van der Waals surface area contributed by atoms with Crippen LogP contribution in [0.25, 0.3) is 0 Å². The highest BCUT2D eigenvalue weighted by Crippen LogP contribution is 2.09. The van der Waals surface area contributed by atoms with Crippen LogP contribution in [0.1, 0.15) is 60.3 Å². The van der Waals surface area contributed by atoms with E-state index in [0.717, 1.165) is 19.3 Å². The topological polar surface area (TPSA) is 78.4 Å². The quantitative estimate of drug-likeness (QED) is 0.609. The Labute approximate surface area is 122 Å². The van der Waals surface area contributed by atoms with E-state index >= 15 is 0 Å². The molecule has 0 saturated heterocycles. The summed E-state index contributed by atoms with van der Waals surface area (Å²) in [4.78, 5) is 22.4. The van der Waals surface area contributed by atoms with Crippen molar-refractivity contribution >= 4 is 12.0 Å². The van der Waals surface area contributed by atoms with Crippen LogP contribution in [0.15, 0.2) is 0 Å². The lowest BCUT2D eigenvalue weighted by molar-refractivity contribution is -0.141. The summed E-state index contributed by atoms with van der Waals surface area (Å²) in [6.07, 6.45) is 3.20. The van der Waals surface area contributed by atoms with E-state index in [1.54, 1.807) is 6.92 Å². The molecule has 0 heterocycles. The molecular weight excluding hydrogens is 256 g/mol. The van der Waals surface area contributed by atoms with Crippen LogP contribution in [0.2, 0.25) is 0 Å². The molecule has 0 aromatic heterocycles. The Morgan fingerprint density at radius 2 is 1.50 bits per heavy atom. The number of hydrogen-bond donors (Lipinski definition) is 3. The van der Waals surface area contributed by atoms with Gasteiger partial charge < -0.3 is 15.7 Å². The Bertz CT molecular complexity index is 305. The molecule has 3 N–H and O–H groups in total. The second-order valence-electron chi connectivity index (χ2n) is 6.22. The molecule has 0 aliphatic heterocycles. The zero-order chi connectivity index (χ0) is 15.7. The molecule has 2 amide bonds. The van der Waals surface area contributed by atoms with Crippen LogP contribution >= 0.6 is 0 Å². The number of aliphatic carboxylic acids is 1. The van der Waals surface area contributed by atoms with Crippen LogP contribution < -0.4 is 10.6 Å². The number of carboxylic acid groups (broad SMARTS) is 1.